The number of esters is 1. The number of amides is 2. The lowest BCUT2D eigenvalue weighted by molar-refractivity contribution is -0.384. The highest BCUT2D eigenvalue weighted by atomic mass is 32.2. The minimum atomic E-state index is -0.558. The van der Waals surface area contributed by atoms with Gasteiger partial charge in [-0.1, -0.05) is 31.7 Å². The number of rotatable bonds is 11. The van der Waals surface area contributed by atoms with E-state index >= 15 is 0 Å². The van der Waals surface area contributed by atoms with Gasteiger partial charge in [0.1, 0.15) is 0 Å². The highest BCUT2D eigenvalue weighted by Gasteiger charge is 2.26. The molecule has 200 valence electrons. The van der Waals surface area contributed by atoms with Gasteiger partial charge in [-0.05, 0) is 43.2 Å². The van der Waals surface area contributed by atoms with E-state index < -0.39 is 22.8 Å². The van der Waals surface area contributed by atoms with Crippen LogP contribution in [0.5, 0.6) is 0 Å². The Morgan fingerprint density at radius 3 is 2.45 bits per heavy atom. The van der Waals surface area contributed by atoms with Gasteiger partial charge >= 0.3 is 5.97 Å². The van der Waals surface area contributed by atoms with Crippen molar-refractivity contribution in [3.8, 4) is 0 Å². The summed E-state index contributed by atoms with van der Waals surface area (Å²) in [6, 6.07) is 11.3. The molecule has 0 fully saturated rings. The minimum absolute atomic E-state index is 0.0536. The lowest BCUT2D eigenvalue weighted by Gasteiger charge is -2.21. The Balaban J connectivity index is 1.63. The van der Waals surface area contributed by atoms with Crippen LogP contribution in [-0.4, -0.2) is 49.8 Å². The van der Waals surface area contributed by atoms with Crippen LogP contribution in [0.1, 0.15) is 53.4 Å². The van der Waals surface area contributed by atoms with E-state index in [-0.39, 0.29) is 35.4 Å². The second-order valence-corrected chi connectivity index (χ2v) is 9.48. The number of thioether (sulfide) groups is 1. The predicted octanol–water partition coefficient (Wildman–Crippen LogP) is 3.76. The summed E-state index contributed by atoms with van der Waals surface area (Å²) < 4.78 is 6.64. The fraction of sp³-hybridized carbons (Fsp3) is 0.320. The highest BCUT2D eigenvalue weighted by molar-refractivity contribution is 7.99. The molecule has 1 heterocycles. The number of hydrogen-bond acceptors (Lipinski definition) is 9. The smallest absolute Gasteiger partial charge is 0.338 e. The molecule has 1 aromatic heterocycles. The molecule has 0 unspecified atom stereocenters. The van der Waals surface area contributed by atoms with Crippen molar-refractivity contribution in [2.45, 2.75) is 32.0 Å². The average Bonchev–Trinajstić information content (AvgIpc) is 3.25. The number of nitrogens with zero attached hydrogens (tertiary/aromatic N) is 4. The molecule has 3 rings (SSSR count). The number of nitro groups is 1. The molecule has 13 heteroatoms. The monoisotopic (exact) mass is 540 g/mol. The van der Waals surface area contributed by atoms with E-state index in [0.717, 1.165) is 0 Å². The number of benzene rings is 2. The van der Waals surface area contributed by atoms with Crippen molar-refractivity contribution in [2.75, 3.05) is 17.7 Å². The lowest BCUT2D eigenvalue weighted by atomic mass is 10.0. The van der Waals surface area contributed by atoms with Gasteiger partial charge in [0.25, 0.3) is 11.6 Å². The van der Waals surface area contributed by atoms with Gasteiger partial charge in [-0.2, -0.15) is 0 Å². The molecule has 3 aromatic rings. The van der Waals surface area contributed by atoms with Crippen LogP contribution >= 0.6 is 11.8 Å². The number of anilines is 1. The highest BCUT2D eigenvalue weighted by Crippen LogP contribution is 2.25. The predicted molar refractivity (Wildman–Crippen MR) is 141 cm³/mol. The molecular formula is C25H28N6O6S. The van der Waals surface area contributed by atoms with Gasteiger partial charge in [-0.3, -0.25) is 19.7 Å². The topological polar surface area (TPSA) is 158 Å². The Labute approximate surface area is 223 Å². The minimum Gasteiger partial charge on any atom is -0.462 e. The number of nitro benzene ring substituents is 1. The third kappa shape index (κ3) is 7.16. The number of carbonyl (C=O) groups is 3. The molecular weight excluding hydrogens is 512 g/mol. The second kappa shape index (κ2) is 12.8. The lowest BCUT2D eigenvalue weighted by Crippen LogP contribution is -2.33. The van der Waals surface area contributed by atoms with Gasteiger partial charge in [-0.15, -0.1) is 10.2 Å². The van der Waals surface area contributed by atoms with Crippen LogP contribution in [0.25, 0.3) is 0 Å². The Morgan fingerprint density at radius 2 is 1.82 bits per heavy atom. The first-order valence-electron chi connectivity index (χ1n) is 11.7. The zero-order valence-corrected chi connectivity index (χ0v) is 22.2. The van der Waals surface area contributed by atoms with Gasteiger partial charge in [-0.25, -0.2) is 4.79 Å². The van der Waals surface area contributed by atoms with Crippen molar-refractivity contribution in [3.05, 3.63) is 75.6 Å². The maximum Gasteiger partial charge on any atom is 0.338 e. The Hall–Kier alpha value is -4.26. The fourth-order valence-corrected chi connectivity index (χ4v) is 4.19. The first kappa shape index (κ1) is 28.3. The largest absolute Gasteiger partial charge is 0.462 e. The van der Waals surface area contributed by atoms with Gasteiger partial charge in [0.15, 0.2) is 11.0 Å². The normalized spacial score (nSPS) is 11.6. The summed E-state index contributed by atoms with van der Waals surface area (Å²) in [6.45, 7) is 5.81. The molecule has 0 aliphatic rings. The third-order valence-electron chi connectivity index (χ3n) is 5.43. The number of nitrogens with one attached hydrogen (secondary N) is 2. The molecule has 0 saturated carbocycles. The molecule has 0 radical (unpaired) electrons. The van der Waals surface area contributed by atoms with E-state index in [1.807, 2.05) is 13.8 Å². The van der Waals surface area contributed by atoms with Gasteiger partial charge in [0.05, 0.1) is 28.9 Å². The summed E-state index contributed by atoms with van der Waals surface area (Å²) in [4.78, 5) is 47.5. The van der Waals surface area contributed by atoms with Crippen molar-refractivity contribution >= 4 is 40.9 Å². The molecule has 38 heavy (non-hydrogen) atoms. The Bertz CT molecular complexity index is 1320. The van der Waals surface area contributed by atoms with Crippen molar-refractivity contribution in [3.63, 3.8) is 0 Å². The molecule has 12 nitrogen and oxygen atoms in total. The van der Waals surface area contributed by atoms with E-state index in [9.17, 15) is 24.5 Å². The van der Waals surface area contributed by atoms with Crippen LogP contribution < -0.4 is 10.6 Å². The fourth-order valence-electron chi connectivity index (χ4n) is 3.47. The molecule has 0 spiro atoms. The summed E-state index contributed by atoms with van der Waals surface area (Å²) >= 11 is 1.17. The summed E-state index contributed by atoms with van der Waals surface area (Å²) in [5.41, 5.74) is 0.909. The van der Waals surface area contributed by atoms with E-state index in [1.165, 1.54) is 36.0 Å². The molecule has 2 aromatic carbocycles. The van der Waals surface area contributed by atoms with E-state index in [0.29, 0.717) is 22.2 Å². The van der Waals surface area contributed by atoms with Gasteiger partial charge < -0.3 is 19.9 Å². The SMILES string of the molecule is CCOC(=O)c1ccc(NC(=O)CSc2nnc([C@@H](NC(=O)c3cccc([N+](=O)[O-])c3)C(C)C)n2C)cc1. The molecule has 0 aliphatic carbocycles. The van der Waals surface area contributed by atoms with Crippen molar-refractivity contribution < 1.29 is 24.0 Å². The molecule has 0 aliphatic heterocycles. The number of carbonyl (C=O) groups excluding carboxylic acids is 3. The summed E-state index contributed by atoms with van der Waals surface area (Å²) in [7, 11) is 1.73. The van der Waals surface area contributed by atoms with Crippen molar-refractivity contribution in [1.29, 1.82) is 0 Å². The van der Waals surface area contributed by atoms with Crippen LogP contribution in [0.3, 0.4) is 0 Å². The Morgan fingerprint density at radius 1 is 1.11 bits per heavy atom. The first-order chi connectivity index (χ1) is 18.1. The summed E-state index contributed by atoms with van der Waals surface area (Å²) in [5.74, 6) is -0.714. The van der Waals surface area contributed by atoms with E-state index in [2.05, 4.69) is 20.8 Å². The summed E-state index contributed by atoms with van der Waals surface area (Å²) in [6.07, 6.45) is 0. The molecule has 0 saturated heterocycles. The number of aromatic nitrogens is 3. The van der Waals surface area contributed by atoms with E-state index in [4.69, 9.17) is 4.74 Å². The number of hydrogen-bond donors (Lipinski definition) is 2. The maximum absolute atomic E-state index is 12.8. The van der Waals surface area contributed by atoms with Crippen LogP contribution in [0.4, 0.5) is 11.4 Å². The number of ether oxygens (including phenoxy) is 1. The molecule has 1 atom stereocenters. The van der Waals surface area contributed by atoms with Crippen LogP contribution in [-0.2, 0) is 16.6 Å². The molecule has 0 bridgehead atoms. The summed E-state index contributed by atoms with van der Waals surface area (Å²) in [5, 5.41) is 25.6. The zero-order valence-electron chi connectivity index (χ0n) is 21.3. The maximum atomic E-state index is 12.8. The van der Waals surface area contributed by atoms with Gasteiger partial charge in [0, 0.05) is 30.4 Å². The number of non-ortho nitro benzene ring substituents is 1. The molecule has 2 N–H and O–H groups in total. The quantitative estimate of drug-likeness (QED) is 0.160. The Kier molecular flexibility index (Phi) is 9.55. The van der Waals surface area contributed by atoms with Crippen LogP contribution in [0.2, 0.25) is 0 Å². The third-order valence-corrected chi connectivity index (χ3v) is 6.45. The van der Waals surface area contributed by atoms with Gasteiger partial charge in [0.2, 0.25) is 5.91 Å². The second-order valence-electron chi connectivity index (χ2n) is 8.54. The van der Waals surface area contributed by atoms with E-state index in [1.54, 1.807) is 42.8 Å². The average molecular weight is 541 g/mol. The molecule has 2 amide bonds. The standard InChI is InChI=1S/C25H28N6O6S/c1-5-37-24(34)16-9-11-18(12-10-16)26-20(32)14-38-25-29-28-22(30(25)4)21(15(2)3)27-23(33)17-7-6-8-19(13-17)31(35)36/h6-13,15,21H,5,14H2,1-4H3,(H,26,32)(H,27,33)/t21-/m0/s1. The van der Waals surface area contributed by atoms with Crippen molar-refractivity contribution in [1.82, 2.24) is 20.1 Å². The van der Waals surface area contributed by atoms with Crippen LogP contribution in [0.15, 0.2) is 53.7 Å². The van der Waals surface area contributed by atoms with Crippen LogP contribution in [0, 0.1) is 16.0 Å². The first-order valence-corrected chi connectivity index (χ1v) is 12.7. The zero-order chi connectivity index (χ0) is 27.8. The van der Waals surface area contributed by atoms with Crippen molar-refractivity contribution in [2.24, 2.45) is 13.0 Å².